The molecule has 10 heavy (non-hydrogen) atoms. The number of hydrogen-bond acceptors (Lipinski definition) is 1. The molecule has 0 spiro atoms. The van der Waals surface area contributed by atoms with Gasteiger partial charge in [-0.3, -0.25) is 0 Å². The van der Waals surface area contributed by atoms with E-state index >= 15 is 0 Å². The van der Waals surface area contributed by atoms with Crippen LogP contribution in [0.25, 0.3) is 0 Å². The van der Waals surface area contributed by atoms with Gasteiger partial charge in [0.2, 0.25) is 0 Å². The Labute approximate surface area is 67.4 Å². The van der Waals surface area contributed by atoms with Gasteiger partial charge in [0.1, 0.15) is 0 Å². The SMILES string of the molecule is C1=C/CCSCC/C=C/C/1. The zero-order chi connectivity index (χ0) is 7.07. The first-order valence-electron chi connectivity index (χ1n) is 3.88. The molecule has 0 amide bonds. The molecule has 0 aliphatic carbocycles. The Bertz CT molecular complexity index is 111. The van der Waals surface area contributed by atoms with Crippen molar-refractivity contribution in [3.8, 4) is 0 Å². The van der Waals surface area contributed by atoms with E-state index in [0.717, 1.165) is 6.42 Å². The van der Waals surface area contributed by atoms with Crippen molar-refractivity contribution in [3.63, 3.8) is 0 Å². The molecule has 0 nitrogen and oxygen atoms in total. The number of hydrogen-bond donors (Lipinski definition) is 0. The third-order valence-electron chi connectivity index (χ3n) is 1.46. The highest BCUT2D eigenvalue weighted by Gasteiger charge is 1.86. The summed E-state index contributed by atoms with van der Waals surface area (Å²) in [5.74, 6) is 2.59. The van der Waals surface area contributed by atoms with Gasteiger partial charge >= 0.3 is 0 Å². The maximum absolute atomic E-state index is 2.28. The van der Waals surface area contributed by atoms with Crippen LogP contribution in [0.2, 0.25) is 0 Å². The smallest absolute Gasteiger partial charge is 0.00328 e. The van der Waals surface area contributed by atoms with Crippen molar-refractivity contribution >= 4 is 11.8 Å². The summed E-state index contributed by atoms with van der Waals surface area (Å²) in [6, 6.07) is 0. The third-order valence-corrected chi connectivity index (χ3v) is 2.51. The van der Waals surface area contributed by atoms with E-state index in [9.17, 15) is 0 Å². The topological polar surface area (TPSA) is 0 Å². The lowest BCUT2D eigenvalue weighted by Crippen LogP contribution is -1.81. The van der Waals surface area contributed by atoms with E-state index in [1.807, 2.05) is 11.8 Å². The molecule has 0 bridgehead atoms. The lowest BCUT2D eigenvalue weighted by Gasteiger charge is -1.97. The fourth-order valence-electron chi connectivity index (χ4n) is 0.912. The molecular weight excluding hydrogens is 140 g/mol. The van der Waals surface area contributed by atoms with E-state index in [0.29, 0.717) is 0 Å². The summed E-state index contributed by atoms with van der Waals surface area (Å²) in [7, 11) is 0. The van der Waals surface area contributed by atoms with E-state index in [1.54, 1.807) is 0 Å². The molecule has 0 aromatic heterocycles. The van der Waals surface area contributed by atoms with Crippen molar-refractivity contribution in [2.24, 2.45) is 0 Å². The average Bonchev–Trinajstić information content (AvgIpc) is 2.01. The lowest BCUT2D eigenvalue weighted by molar-refractivity contribution is 1.16. The normalized spacial score (nSPS) is 27.2. The van der Waals surface area contributed by atoms with Crippen molar-refractivity contribution in [3.05, 3.63) is 24.3 Å². The van der Waals surface area contributed by atoms with Gasteiger partial charge in [0.05, 0.1) is 0 Å². The quantitative estimate of drug-likeness (QED) is 0.483. The van der Waals surface area contributed by atoms with Crippen LogP contribution in [0, 0.1) is 0 Å². The van der Waals surface area contributed by atoms with Crippen molar-refractivity contribution in [1.29, 1.82) is 0 Å². The molecule has 0 aromatic rings. The van der Waals surface area contributed by atoms with E-state index < -0.39 is 0 Å². The van der Waals surface area contributed by atoms with Gasteiger partial charge in [-0.1, -0.05) is 24.3 Å². The predicted molar refractivity (Wildman–Crippen MR) is 49.5 cm³/mol. The van der Waals surface area contributed by atoms with E-state index in [4.69, 9.17) is 0 Å². The van der Waals surface area contributed by atoms with E-state index in [-0.39, 0.29) is 0 Å². The van der Waals surface area contributed by atoms with Crippen LogP contribution >= 0.6 is 11.8 Å². The van der Waals surface area contributed by atoms with Crippen LogP contribution in [0.5, 0.6) is 0 Å². The molecule has 0 radical (unpaired) electrons. The highest BCUT2D eigenvalue weighted by Crippen LogP contribution is 2.07. The summed E-state index contributed by atoms with van der Waals surface area (Å²) in [5.41, 5.74) is 0. The number of thioether (sulfide) groups is 1. The Hall–Kier alpha value is -0.170. The fourth-order valence-corrected chi connectivity index (χ4v) is 1.72. The van der Waals surface area contributed by atoms with Crippen LogP contribution in [0.15, 0.2) is 24.3 Å². The van der Waals surface area contributed by atoms with Gasteiger partial charge in [-0.15, -0.1) is 0 Å². The Morgan fingerprint density at radius 3 is 2.00 bits per heavy atom. The average molecular weight is 154 g/mol. The zero-order valence-electron chi connectivity index (χ0n) is 6.25. The Morgan fingerprint density at radius 1 is 0.800 bits per heavy atom. The second-order valence-corrected chi connectivity index (χ2v) is 3.59. The minimum atomic E-state index is 1.13. The summed E-state index contributed by atoms with van der Waals surface area (Å²) in [6.07, 6.45) is 12.7. The second-order valence-electron chi connectivity index (χ2n) is 2.37. The molecule has 0 atom stereocenters. The first kappa shape index (κ1) is 7.93. The Kier molecular flexibility index (Phi) is 4.44. The highest BCUT2D eigenvalue weighted by atomic mass is 32.2. The molecule has 1 heterocycles. The van der Waals surface area contributed by atoms with Crippen molar-refractivity contribution in [1.82, 2.24) is 0 Å². The second kappa shape index (κ2) is 5.60. The summed E-state index contributed by atoms with van der Waals surface area (Å²) in [5, 5.41) is 0. The van der Waals surface area contributed by atoms with E-state index in [1.165, 1.54) is 24.3 Å². The summed E-state index contributed by atoms with van der Waals surface area (Å²) < 4.78 is 0. The minimum absolute atomic E-state index is 1.13. The molecular formula is C9H14S. The summed E-state index contributed by atoms with van der Waals surface area (Å²) in [4.78, 5) is 0. The molecule has 1 aliphatic rings. The first-order valence-corrected chi connectivity index (χ1v) is 5.03. The van der Waals surface area contributed by atoms with Crippen molar-refractivity contribution < 1.29 is 0 Å². The van der Waals surface area contributed by atoms with Gasteiger partial charge < -0.3 is 0 Å². The summed E-state index contributed by atoms with van der Waals surface area (Å²) in [6.45, 7) is 0. The van der Waals surface area contributed by atoms with Crippen LogP contribution in [-0.2, 0) is 0 Å². The van der Waals surface area contributed by atoms with Crippen molar-refractivity contribution in [2.75, 3.05) is 11.5 Å². The monoisotopic (exact) mass is 154 g/mol. The maximum atomic E-state index is 2.28. The van der Waals surface area contributed by atoms with Gasteiger partial charge in [0.15, 0.2) is 0 Å². The van der Waals surface area contributed by atoms with Crippen molar-refractivity contribution in [2.45, 2.75) is 19.3 Å². The van der Waals surface area contributed by atoms with Gasteiger partial charge in [-0.25, -0.2) is 0 Å². The highest BCUT2D eigenvalue weighted by molar-refractivity contribution is 7.99. The number of rotatable bonds is 0. The first-order chi connectivity index (χ1) is 5.00. The van der Waals surface area contributed by atoms with E-state index in [2.05, 4.69) is 24.3 Å². The molecule has 0 aromatic carbocycles. The minimum Gasteiger partial charge on any atom is -0.161 e. The molecule has 0 fully saturated rings. The molecule has 0 N–H and O–H groups in total. The number of allylic oxidation sites excluding steroid dienone is 4. The van der Waals surface area contributed by atoms with Crippen LogP contribution in [0.1, 0.15) is 19.3 Å². The van der Waals surface area contributed by atoms with Crippen LogP contribution in [0.3, 0.4) is 0 Å². The predicted octanol–water partition coefficient (Wildman–Crippen LogP) is 3.02. The summed E-state index contributed by atoms with van der Waals surface area (Å²) >= 11 is 2.05. The molecule has 56 valence electrons. The largest absolute Gasteiger partial charge is 0.161 e. The van der Waals surface area contributed by atoms with Gasteiger partial charge in [-0.2, -0.15) is 11.8 Å². The molecule has 1 aliphatic heterocycles. The fraction of sp³-hybridized carbons (Fsp3) is 0.556. The van der Waals surface area contributed by atoms with Crippen LogP contribution in [-0.4, -0.2) is 11.5 Å². The van der Waals surface area contributed by atoms with Crippen LogP contribution in [0.4, 0.5) is 0 Å². The zero-order valence-corrected chi connectivity index (χ0v) is 7.07. The molecule has 0 saturated heterocycles. The molecule has 1 rings (SSSR count). The maximum Gasteiger partial charge on any atom is -0.00328 e. The van der Waals surface area contributed by atoms with Gasteiger partial charge in [-0.05, 0) is 30.8 Å². The van der Waals surface area contributed by atoms with Gasteiger partial charge in [0, 0.05) is 0 Å². The molecule has 0 saturated carbocycles. The standard InChI is InChI=1S/C9H14S/c1-2-4-6-8-10-9-7-5-3-1/h2-5H,1,6-9H2/b4-2+,5-3+. The Morgan fingerprint density at radius 2 is 1.40 bits per heavy atom. The third kappa shape index (κ3) is 3.78. The van der Waals surface area contributed by atoms with Crippen LogP contribution < -0.4 is 0 Å². The molecule has 0 unspecified atom stereocenters. The lowest BCUT2D eigenvalue weighted by atomic mass is 10.3. The molecule has 1 heteroatoms. The van der Waals surface area contributed by atoms with Gasteiger partial charge in [0.25, 0.3) is 0 Å². The Balaban J connectivity index is 2.25.